The highest BCUT2D eigenvalue weighted by atomic mass is 16.1. The Labute approximate surface area is 100 Å². The predicted molar refractivity (Wildman–Crippen MR) is 68.5 cm³/mol. The van der Waals surface area contributed by atoms with Crippen molar-refractivity contribution >= 4 is 0 Å². The molecule has 2 aromatic rings. The van der Waals surface area contributed by atoms with Gasteiger partial charge >= 0.3 is 5.69 Å². The van der Waals surface area contributed by atoms with Gasteiger partial charge in [-0.2, -0.15) is 0 Å². The van der Waals surface area contributed by atoms with Gasteiger partial charge in [0.05, 0.1) is 5.69 Å². The van der Waals surface area contributed by atoms with E-state index in [-0.39, 0.29) is 5.69 Å². The van der Waals surface area contributed by atoms with Crippen molar-refractivity contribution in [3.8, 4) is 5.69 Å². The summed E-state index contributed by atoms with van der Waals surface area (Å²) in [7, 11) is 1.76. The molecular weight excluding hydrogens is 214 g/mol. The zero-order chi connectivity index (χ0) is 12.4. The Morgan fingerprint density at radius 2 is 2.12 bits per heavy atom. The van der Waals surface area contributed by atoms with E-state index in [1.807, 2.05) is 37.4 Å². The number of rotatable bonds is 3. The molecule has 2 rings (SSSR count). The van der Waals surface area contributed by atoms with Crippen LogP contribution in [0.4, 0.5) is 0 Å². The van der Waals surface area contributed by atoms with E-state index in [0.29, 0.717) is 6.54 Å². The predicted octanol–water partition coefficient (Wildman–Crippen LogP) is 0.986. The van der Waals surface area contributed by atoms with E-state index in [1.165, 1.54) is 0 Å². The minimum atomic E-state index is -0.0209. The Morgan fingerprint density at radius 3 is 2.71 bits per heavy atom. The summed E-state index contributed by atoms with van der Waals surface area (Å²) in [6.45, 7) is 2.54. The first-order valence-corrected chi connectivity index (χ1v) is 5.68. The molecule has 1 aromatic carbocycles. The topological polar surface area (TPSA) is 53.0 Å². The molecule has 1 aromatic heterocycles. The maximum absolute atomic E-state index is 12.0. The molecule has 90 valence electrons. The van der Waals surface area contributed by atoms with Crippen LogP contribution in [-0.4, -0.2) is 15.7 Å². The van der Waals surface area contributed by atoms with Gasteiger partial charge in [0.2, 0.25) is 0 Å². The molecule has 0 saturated heterocycles. The molecule has 0 aliphatic carbocycles. The summed E-state index contributed by atoms with van der Waals surface area (Å²) in [6, 6.07) is 7.94. The van der Waals surface area contributed by atoms with Crippen molar-refractivity contribution in [3.05, 3.63) is 52.2 Å². The fourth-order valence-electron chi connectivity index (χ4n) is 2.03. The Kier molecular flexibility index (Phi) is 3.15. The number of benzene rings is 1. The average molecular weight is 231 g/mol. The third kappa shape index (κ3) is 2.17. The summed E-state index contributed by atoms with van der Waals surface area (Å²) < 4.78 is 3.30. The molecule has 0 unspecified atom stereocenters. The largest absolute Gasteiger partial charge is 0.332 e. The van der Waals surface area contributed by atoms with Crippen molar-refractivity contribution in [2.75, 3.05) is 6.54 Å². The van der Waals surface area contributed by atoms with Crippen LogP contribution >= 0.6 is 0 Å². The molecule has 0 amide bonds. The summed E-state index contributed by atoms with van der Waals surface area (Å²) in [6.07, 6.45) is 2.66. The number of hydrogen-bond donors (Lipinski definition) is 1. The molecule has 2 N–H and O–H groups in total. The Hall–Kier alpha value is -1.81. The van der Waals surface area contributed by atoms with Gasteiger partial charge in [-0.3, -0.25) is 4.57 Å². The summed E-state index contributed by atoms with van der Waals surface area (Å²) in [5, 5.41) is 0. The lowest BCUT2D eigenvalue weighted by Gasteiger charge is -2.06. The van der Waals surface area contributed by atoms with Crippen LogP contribution in [0.15, 0.2) is 35.3 Å². The second kappa shape index (κ2) is 4.59. The molecule has 17 heavy (non-hydrogen) atoms. The van der Waals surface area contributed by atoms with Crippen LogP contribution in [0.25, 0.3) is 5.69 Å². The van der Waals surface area contributed by atoms with Gasteiger partial charge < -0.3 is 10.3 Å². The molecule has 1 heterocycles. The lowest BCUT2D eigenvalue weighted by molar-refractivity contribution is 0.819. The van der Waals surface area contributed by atoms with E-state index in [1.54, 1.807) is 16.2 Å². The molecule has 0 atom stereocenters. The maximum atomic E-state index is 12.0. The molecule has 0 bridgehead atoms. The van der Waals surface area contributed by atoms with E-state index >= 15 is 0 Å². The first-order valence-electron chi connectivity index (χ1n) is 5.68. The van der Waals surface area contributed by atoms with Crippen molar-refractivity contribution in [2.45, 2.75) is 13.3 Å². The smallest absolute Gasteiger partial charge is 0.330 e. The van der Waals surface area contributed by atoms with Gasteiger partial charge in [-0.15, -0.1) is 0 Å². The Bertz CT molecular complexity index is 581. The van der Waals surface area contributed by atoms with Crippen LogP contribution in [0.2, 0.25) is 0 Å². The lowest BCUT2D eigenvalue weighted by Crippen LogP contribution is -2.21. The molecule has 4 nitrogen and oxygen atoms in total. The normalized spacial score (nSPS) is 10.8. The van der Waals surface area contributed by atoms with E-state index in [2.05, 4.69) is 0 Å². The monoisotopic (exact) mass is 231 g/mol. The van der Waals surface area contributed by atoms with Gasteiger partial charge in [0.1, 0.15) is 0 Å². The summed E-state index contributed by atoms with van der Waals surface area (Å²) in [5.41, 5.74) is 8.51. The Morgan fingerprint density at radius 1 is 1.35 bits per heavy atom. The van der Waals surface area contributed by atoms with Gasteiger partial charge in [-0.05, 0) is 37.6 Å². The van der Waals surface area contributed by atoms with Gasteiger partial charge in [-0.1, -0.05) is 12.1 Å². The maximum Gasteiger partial charge on any atom is 0.332 e. The van der Waals surface area contributed by atoms with Gasteiger partial charge in [0.15, 0.2) is 0 Å². The standard InChI is InChI=1S/C13H17N3O/c1-10-9-15(2)13(17)16(10)12-5-3-4-11(8-12)6-7-14/h3-5,8-9H,6-7,14H2,1-2H3. The van der Waals surface area contributed by atoms with Crippen molar-refractivity contribution in [3.63, 3.8) is 0 Å². The van der Waals surface area contributed by atoms with Gasteiger partial charge in [-0.25, -0.2) is 4.79 Å². The third-order valence-corrected chi connectivity index (χ3v) is 2.83. The van der Waals surface area contributed by atoms with Crippen LogP contribution in [0.5, 0.6) is 0 Å². The van der Waals surface area contributed by atoms with Crippen molar-refractivity contribution in [2.24, 2.45) is 12.8 Å². The number of nitrogens with two attached hydrogens (primary N) is 1. The van der Waals surface area contributed by atoms with E-state index in [0.717, 1.165) is 23.4 Å². The van der Waals surface area contributed by atoms with E-state index < -0.39 is 0 Å². The zero-order valence-electron chi connectivity index (χ0n) is 10.2. The molecular formula is C13H17N3O. The minimum Gasteiger partial charge on any atom is -0.330 e. The fraction of sp³-hybridized carbons (Fsp3) is 0.308. The molecule has 4 heteroatoms. The zero-order valence-corrected chi connectivity index (χ0v) is 10.2. The van der Waals surface area contributed by atoms with Crippen LogP contribution in [0.1, 0.15) is 11.3 Å². The second-order valence-electron chi connectivity index (χ2n) is 4.21. The van der Waals surface area contributed by atoms with E-state index in [4.69, 9.17) is 5.73 Å². The minimum absolute atomic E-state index is 0.0209. The fourth-order valence-corrected chi connectivity index (χ4v) is 2.03. The van der Waals surface area contributed by atoms with Crippen LogP contribution in [0, 0.1) is 6.92 Å². The van der Waals surface area contributed by atoms with Crippen molar-refractivity contribution in [1.82, 2.24) is 9.13 Å². The highest BCUT2D eigenvalue weighted by molar-refractivity contribution is 5.37. The highest BCUT2D eigenvalue weighted by Gasteiger charge is 2.07. The quantitative estimate of drug-likeness (QED) is 0.856. The van der Waals surface area contributed by atoms with Crippen LogP contribution < -0.4 is 11.4 Å². The van der Waals surface area contributed by atoms with Crippen molar-refractivity contribution in [1.29, 1.82) is 0 Å². The number of imidazole rings is 1. The van der Waals surface area contributed by atoms with Gasteiger partial charge in [0, 0.05) is 18.9 Å². The average Bonchev–Trinajstić information content (AvgIpc) is 2.54. The number of aryl methyl sites for hydroxylation is 2. The number of hydrogen-bond acceptors (Lipinski definition) is 2. The first kappa shape index (κ1) is 11.7. The molecule has 0 radical (unpaired) electrons. The molecule has 0 aliphatic rings. The lowest BCUT2D eigenvalue weighted by atomic mass is 10.1. The second-order valence-corrected chi connectivity index (χ2v) is 4.21. The molecule has 0 spiro atoms. The summed E-state index contributed by atoms with van der Waals surface area (Å²) >= 11 is 0. The summed E-state index contributed by atoms with van der Waals surface area (Å²) in [5.74, 6) is 0. The number of aromatic nitrogens is 2. The SMILES string of the molecule is Cc1cn(C)c(=O)n1-c1cccc(CCN)c1. The molecule has 0 aliphatic heterocycles. The molecule has 0 fully saturated rings. The van der Waals surface area contributed by atoms with Crippen LogP contribution in [0.3, 0.4) is 0 Å². The van der Waals surface area contributed by atoms with Gasteiger partial charge in [0.25, 0.3) is 0 Å². The first-order chi connectivity index (χ1) is 8.13. The third-order valence-electron chi connectivity index (χ3n) is 2.83. The highest BCUT2D eigenvalue weighted by Crippen LogP contribution is 2.11. The Balaban J connectivity index is 2.53. The molecule has 0 saturated carbocycles. The van der Waals surface area contributed by atoms with Crippen molar-refractivity contribution < 1.29 is 0 Å². The van der Waals surface area contributed by atoms with E-state index in [9.17, 15) is 4.79 Å². The summed E-state index contributed by atoms with van der Waals surface area (Å²) in [4.78, 5) is 12.0. The number of nitrogens with zero attached hydrogens (tertiary/aromatic N) is 2. The van der Waals surface area contributed by atoms with Crippen LogP contribution in [-0.2, 0) is 13.5 Å².